The lowest BCUT2D eigenvalue weighted by Gasteiger charge is -2.22. The Morgan fingerprint density at radius 3 is 2.81 bits per heavy atom. The summed E-state index contributed by atoms with van der Waals surface area (Å²) >= 11 is 0. The number of nitrogens with zero attached hydrogens (tertiary/aromatic N) is 1. The Balaban J connectivity index is 1.89. The number of aromatic amines is 1. The molecular formula is C12H17N3O. The van der Waals surface area contributed by atoms with Crippen molar-refractivity contribution in [3.63, 3.8) is 0 Å². The van der Waals surface area contributed by atoms with Crippen LogP contribution >= 0.6 is 0 Å². The largest absolute Gasteiger partial charge is 0.310 e. The molecule has 1 aromatic rings. The number of rotatable bonds is 2. The van der Waals surface area contributed by atoms with Gasteiger partial charge >= 0.3 is 0 Å². The predicted molar refractivity (Wildman–Crippen MR) is 61.4 cm³/mol. The van der Waals surface area contributed by atoms with E-state index in [1.165, 1.54) is 25.7 Å². The second-order valence-corrected chi connectivity index (χ2v) is 4.83. The molecule has 1 saturated carbocycles. The van der Waals surface area contributed by atoms with Crippen molar-refractivity contribution >= 4 is 0 Å². The summed E-state index contributed by atoms with van der Waals surface area (Å²) in [5.41, 5.74) is 0.935. The van der Waals surface area contributed by atoms with Crippen LogP contribution in [-0.2, 0) is 0 Å². The van der Waals surface area contributed by atoms with Crippen molar-refractivity contribution in [3.05, 3.63) is 27.9 Å². The fourth-order valence-electron chi connectivity index (χ4n) is 2.33. The molecule has 2 N–H and O–H groups in total. The summed E-state index contributed by atoms with van der Waals surface area (Å²) in [5, 5.41) is 3.43. The molecule has 4 heteroatoms. The van der Waals surface area contributed by atoms with Gasteiger partial charge < -0.3 is 10.3 Å². The number of H-pyrrole nitrogens is 1. The predicted octanol–water partition coefficient (Wildman–Crippen LogP) is 1.46. The minimum absolute atomic E-state index is 0.000673. The van der Waals surface area contributed by atoms with Crippen molar-refractivity contribution in [2.24, 2.45) is 0 Å². The van der Waals surface area contributed by atoms with E-state index in [4.69, 9.17) is 0 Å². The number of hydrogen-bond acceptors (Lipinski definition) is 3. The fraction of sp³-hybridized carbons (Fsp3) is 0.667. The van der Waals surface area contributed by atoms with Crippen LogP contribution in [0.4, 0.5) is 0 Å². The third-order valence-electron chi connectivity index (χ3n) is 3.41. The molecule has 1 atom stereocenters. The molecule has 1 unspecified atom stereocenters. The maximum Gasteiger partial charge on any atom is 0.251 e. The SMILES string of the molecule is O=c1cc(C2CCCCN2)nc(C2CC2)[nH]1. The van der Waals surface area contributed by atoms with E-state index in [0.717, 1.165) is 24.5 Å². The topological polar surface area (TPSA) is 57.8 Å². The van der Waals surface area contributed by atoms with Crippen molar-refractivity contribution in [1.29, 1.82) is 0 Å². The van der Waals surface area contributed by atoms with Crippen LogP contribution in [0.5, 0.6) is 0 Å². The van der Waals surface area contributed by atoms with Crippen LogP contribution in [0.15, 0.2) is 10.9 Å². The molecule has 1 aliphatic carbocycles. The van der Waals surface area contributed by atoms with Gasteiger partial charge in [0.2, 0.25) is 0 Å². The lowest BCUT2D eigenvalue weighted by Crippen LogP contribution is -2.29. The Labute approximate surface area is 94.5 Å². The standard InChI is InChI=1S/C12H17N3O/c16-11-7-10(9-3-1-2-6-13-9)14-12(15-11)8-4-5-8/h7-9,13H,1-6H2,(H,14,15,16). The van der Waals surface area contributed by atoms with Crippen LogP contribution in [0.1, 0.15) is 55.6 Å². The second-order valence-electron chi connectivity index (χ2n) is 4.83. The summed E-state index contributed by atoms with van der Waals surface area (Å²) in [6.07, 6.45) is 5.90. The van der Waals surface area contributed by atoms with Crippen molar-refractivity contribution in [2.45, 2.75) is 44.1 Å². The Morgan fingerprint density at radius 1 is 1.25 bits per heavy atom. The third kappa shape index (κ3) is 2.02. The van der Waals surface area contributed by atoms with Gasteiger partial charge in [-0.15, -0.1) is 0 Å². The molecule has 1 saturated heterocycles. The summed E-state index contributed by atoms with van der Waals surface area (Å²) in [4.78, 5) is 19.0. The quantitative estimate of drug-likeness (QED) is 0.791. The van der Waals surface area contributed by atoms with Crippen molar-refractivity contribution in [1.82, 2.24) is 15.3 Å². The molecule has 2 heterocycles. The first kappa shape index (κ1) is 10.0. The minimum Gasteiger partial charge on any atom is -0.310 e. The first-order valence-electron chi connectivity index (χ1n) is 6.17. The van der Waals surface area contributed by atoms with Crippen LogP contribution < -0.4 is 10.9 Å². The van der Waals surface area contributed by atoms with Gasteiger partial charge in [-0.1, -0.05) is 6.42 Å². The van der Waals surface area contributed by atoms with Crippen molar-refractivity contribution in [3.8, 4) is 0 Å². The van der Waals surface area contributed by atoms with Gasteiger partial charge in [0, 0.05) is 18.0 Å². The highest BCUT2D eigenvalue weighted by Gasteiger charge is 2.27. The van der Waals surface area contributed by atoms with E-state index in [1.807, 2.05) is 0 Å². The van der Waals surface area contributed by atoms with E-state index in [0.29, 0.717) is 5.92 Å². The number of hydrogen-bond donors (Lipinski definition) is 2. The van der Waals surface area contributed by atoms with Gasteiger partial charge in [-0.2, -0.15) is 0 Å². The zero-order valence-electron chi connectivity index (χ0n) is 9.33. The molecular weight excluding hydrogens is 202 g/mol. The Kier molecular flexibility index (Phi) is 2.52. The smallest absolute Gasteiger partial charge is 0.251 e. The maximum absolute atomic E-state index is 11.6. The Bertz CT molecular complexity index is 430. The van der Waals surface area contributed by atoms with Crippen LogP contribution in [0.2, 0.25) is 0 Å². The summed E-state index contributed by atoms with van der Waals surface area (Å²) in [6, 6.07) is 1.93. The van der Waals surface area contributed by atoms with Crippen LogP contribution in [0, 0.1) is 0 Å². The molecule has 1 aliphatic heterocycles. The molecule has 16 heavy (non-hydrogen) atoms. The molecule has 0 spiro atoms. The normalized spacial score (nSPS) is 25.6. The summed E-state index contributed by atoms with van der Waals surface area (Å²) in [6.45, 7) is 1.04. The van der Waals surface area contributed by atoms with Gasteiger partial charge in [0.1, 0.15) is 5.82 Å². The zero-order valence-corrected chi connectivity index (χ0v) is 9.33. The van der Waals surface area contributed by atoms with Crippen LogP contribution in [-0.4, -0.2) is 16.5 Å². The molecule has 86 valence electrons. The van der Waals surface area contributed by atoms with Gasteiger partial charge in [-0.05, 0) is 32.2 Å². The van der Waals surface area contributed by atoms with E-state index >= 15 is 0 Å². The monoisotopic (exact) mass is 219 g/mol. The summed E-state index contributed by atoms with van der Waals surface area (Å²) in [5.74, 6) is 1.41. The van der Waals surface area contributed by atoms with E-state index in [-0.39, 0.29) is 11.6 Å². The summed E-state index contributed by atoms with van der Waals surface area (Å²) in [7, 11) is 0. The average molecular weight is 219 g/mol. The number of nitrogens with one attached hydrogen (secondary N) is 2. The lowest BCUT2D eigenvalue weighted by atomic mass is 10.0. The Morgan fingerprint density at radius 2 is 2.12 bits per heavy atom. The van der Waals surface area contributed by atoms with E-state index < -0.39 is 0 Å². The van der Waals surface area contributed by atoms with E-state index in [1.54, 1.807) is 6.07 Å². The molecule has 0 amide bonds. The van der Waals surface area contributed by atoms with Crippen LogP contribution in [0.3, 0.4) is 0 Å². The summed E-state index contributed by atoms with van der Waals surface area (Å²) < 4.78 is 0. The van der Waals surface area contributed by atoms with Gasteiger partial charge in [0.25, 0.3) is 5.56 Å². The molecule has 4 nitrogen and oxygen atoms in total. The minimum atomic E-state index is -0.000673. The molecule has 3 rings (SSSR count). The second kappa shape index (κ2) is 4.01. The molecule has 0 aromatic carbocycles. The highest BCUT2D eigenvalue weighted by Crippen LogP contribution is 2.37. The fourth-order valence-corrected chi connectivity index (χ4v) is 2.33. The maximum atomic E-state index is 11.6. The lowest BCUT2D eigenvalue weighted by molar-refractivity contribution is 0.403. The van der Waals surface area contributed by atoms with Crippen molar-refractivity contribution in [2.75, 3.05) is 6.54 Å². The first-order chi connectivity index (χ1) is 7.83. The van der Waals surface area contributed by atoms with E-state index in [2.05, 4.69) is 15.3 Å². The first-order valence-corrected chi connectivity index (χ1v) is 6.17. The van der Waals surface area contributed by atoms with Gasteiger partial charge in [-0.3, -0.25) is 4.79 Å². The van der Waals surface area contributed by atoms with Crippen molar-refractivity contribution < 1.29 is 0 Å². The molecule has 2 aliphatic rings. The molecule has 1 aromatic heterocycles. The Hall–Kier alpha value is -1.16. The van der Waals surface area contributed by atoms with Gasteiger partial charge in [0.15, 0.2) is 0 Å². The third-order valence-corrected chi connectivity index (χ3v) is 3.41. The number of aromatic nitrogens is 2. The molecule has 0 bridgehead atoms. The molecule has 0 radical (unpaired) electrons. The number of piperidine rings is 1. The van der Waals surface area contributed by atoms with E-state index in [9.17, 15) is 4.79 Å². The van der Waals surface area contributed by atoms with Crippen LogP contribution in [0.25, 0.3) is 0 Å². The highest BCUT2D eigenvalue weighted by atomic mass is 16.1. The highest BCUT2D eigenvalue weighted by molar-refractivity contribution is 5.13. The van der Waals surface area contributed by atoms with Gasteiger partial charge in [0.05, 0.1) is 5.69 Å². The zero-order chi connectivity index (χ0) is 11.0. The molecule has 2 fully saturated rings. The average Bonchev–Trinajstić information content (AvgIpc) is 3.13. The van der Waals surface area contributed by atoms with Gasteiger partial charge in [-0.25, -0.2) is 4.98 Å².